The highest BCUT2D eigenvalue weighted by Gasteiger charge is 2.24. The average molecular weight is 265 g/mol. The molecule has 1 aromatic rings. The predicted octanol–water partition coefficient (Wildman–Crippen LogP) is 1.82. The van der Waals surface area contributed by atoms with Crippen LogP contribution in [0.4, 0.5) is 4.39 Å². The Bertz CT molecular complexity index is 430. The van der Waals surface area contributed by atoms with Crippen molar-refractivity contribution < 1.29 is 9.18 Å². The summed E-state index contributed by atoms with van der Waals surface area (Å²) in [5.41, 5.74) is 0.120. The number of nitrogens with zero attached hydrogens (tertiary/aromatic N) is 2. The lowest BCUT2D eigenvalue weighted by molar-refractivity contribution is 0.0700. The highest BCUT2D eigenvalue weighted by molar-refractivity contribution is 5.94. The Kier molecular flexibility index (Phi) is 4.85. The number of amides is 1. The van der Waals surface area contributed by atoms with Crippen LogP contribution in [0.15, 0.2) is 18.5 Å². The van der Waals surface area contributed by atoms with E-state index in [1.165, 1.54) is 12.3 Å². The maximum atomic E-state index is 13.5. The van der Waals surface area contributed by atoms with E-state index in [4.69, 9.17) is 0 Å². The van der Waals surface area contributed by atoms with Crippen LogP contribution in [-0.4, -0.2) is 41.5 Å². The van der Waals surface area contributed by atoms with Gasteiger partial charge in [0, 0.05) is 25.3 Å². The number of aromatic nitrogens is 1. The highest BCUT2D eigenvalue weighted by Crippen LogP contribution is 2.15. The van der Waals surface area contributed by atoms with Crippen molar-refractivity contribution in [2.75, 3.05) is 19.6 Å². The fourth-order valence-corrected chi connectivity index (χ4v) is 2.35. The normalized spacial score (nSPS) is 16.6. The molecule has 0 aromatic carbocycles. The maximum absolute atomic E-state index is 13.5. The number of hydrogen-bond donors (Lipinski definition) is 1. The number of nitrogens with one attached hydrogen (secondary N) is 1. The molecule has 1 aromatic heterocycles. The van der Waals surface area contributed by atoms with Crippen molar-refractivity contribution in [1.82, 2.24) is 15.2 Å². The lowest BCUT2D eigenvalue weighted by atomic mass is 10.0. The lowest BCUT2D eigenvalue weighted by Crippen LogP contribution is -2.45. The van der Waals surface area contributed by atoms with E-state index < -0.39 is 5.82 Å². The zero-order chi connectivity index (χ0) is 13.7. The Balaban J connectivity index is 1.91. The second kappa shape index (κ2) is 6.61. The van der Waals surface area contributed by atoms with E-state index >= 15 is 0 Å². The molecule has 19 heavy (non-hydrogen) atoms. The summed E-state index contributed by atoms with van der Waals surface area (Å²) < 4.78 is 13.5. The monoisotopic (exact) mass is 265 g/mol. The average Bonchev–Trinajstić information content (AvgIpc) is 2.45. The molecule has 1 amide bonds. The summed E-state index contributed by atoms with van der Waals surface area (Å²) in [6.45, 7) is 4.51. The van der Waals surface area contributed by atoms with Gasteiger partial charge in [0.25, 0.3) is 5.91 Å². The van der Waals surface area contributed by atoms with Crippen LogP contribution in [0.25, 0.3) is 0 Å². The molecule has 1 aliphatic rings. The quantitative estimate of drug-likeness (QED) is 0.903. The topological polar surface area (TPSA) is 45.2 Å². The number of piperidine rings is 1. The zero-order valence-corrected chi connectivity index (χ0v) is 11.2. The van der Waals surface area contributed by atoms with Gasteiger partial charge in [-0.3, -0.25) is 9.78 Å². The van der Waals surface area contributed by atoms with Crippen LogP contribution in [0, 0.1) is 5.82 Å². The Morgan fingerprint density at radius 3 is 2.89 bits per heavy atom. The molecule has 0 aliphatic carbocycles. The standard InChI is InChI=1S/C14H20FN3O/c1-2-6-17-11-4-8-18(9-5-11)14(19)12-3-7-16-10-13(12)15/h3,7,10-11,17H,2,4-6,8-9H2,1H3. The van der Waals surface area contributed by atoms with E-state index in [0.29, 0.717) is 19.1 Å². The van der Waals surface area contributed by atoms with Crippen molar-refractivity contribution >= 4 is 5.91 Å². The van der Waals surface area contributed by atoms with Gasteiger partial charge in [-0.25, -0.2) is 4.39 Å². The van der Waals surface area contributed by atoms with Crippen LogP contribution in [0.2, 0.25) is 0 Å². The molecule has 104 valence electrons. The summed E-state index contributed by atoms with van der Waals surface area (Å²) in [4.78, 5) is 17.6. The first-order valence-corrected chi connectivity index (χ1v) is 6.84. The molecule has 0 spiro atoms. The Morgan fingerprint density at radius 1 is 1.53 bits per heavy atom. The molecule has 2 heterocycles. The molecule has 0 saturated carbocycles. The van der Waals surface area contributed by atoms with Crippen LogP contribution in [0.5, 0.6) is 0 Å². The first-order chi connectivity index (χ1) is 9.22. The minimum absolute atomic E-state index is 0.120. The molecule has 1 N–H and O–H groups in total. The molecule has 0 radical (unpaired) electrons. The number of carbonyl (C=O) groups excluding carboxylic acids is 1. The fourth-order valence-electron chi connectivity index (χ4n) is 2.35. The van der Waals surface area contributed by atoms with Crippen molar-refractivity contribution in [3.05, 3.63) is 29.8 Å². The number of hydrogen-bond acceptors (Lipinski definition) is 3. The van der Waals surface area contributed by atoms with E-state index in [2.05, 4.69) is 17.2 Å². The predicted molar refractivity (Wildman–Crippen MR) is 71.4 cm³/mol. The van der Waals surface area contributed by atoms with E-state index in [0.717, 1.165) is 32.0 Å². The van der Waals surface area contributed by atoms with E-state index in [9.17, 15) is 9.18 Å². The third-order valence-electron chi connectivity index (χ3n) is 3.47. The van der Waals surface area contributed by atoms with E-state index in [-0.39, 0.29) is 11.5 Å². The van der Waals surface area contributed by atoms with Gasteiger partial charge in [-0.1, -0.05) is 6.92 Å². The van der Waals surface area contributed by atoms with Gasteiger partial charge in [0.1, 0.15) is 0 Å². The summed E-state index contributed by atoms with van der Waals surface area (Å²) in [6, 6.07) is 1.92. The minimum Gasteiger partial charge on any atom is -0.338 e. The van der Waals surface area contributed by atoms with Crippen LogP contribution < -0.4 is 5.32 Å². The van der Waals surface area contributed by atoms with E-state index in [1.807, 2.05) is 0 Å². The SMILES string of the molecule is CCCNC1CCN(C(=O)c2ccncc2F)CC1. The fraction of sp³-hybridized carbons (Fsp3) is 0.571. The largest absolute Gasteiger partial charge is 0.338 e. The van der Waals surface area contributed by atoms with Crippen LogP contribution >= 0.6 is 0 Å². The number of rotatable bonds is 4. The molecule has 2 rings (SSSR count). The summed E-state index contributed by atoms with van der Waals surface area (Å²) in [7, 11) is 0. The van der Waals surface area contributed by atoms with Crippen LogP contribution in [-0.2, 0) is 0 Å². The van der Waals surface area contributed by atoms with Crippen molar-refractivity contribution in [2.24, 2.45) is 0 Å². The van der Waals surface area contributed by atoms with Crippen molar-refractivity contribution in [2.45, 2.75) is 32.2 Å². The summed E-state index contributed by atoms with van der Waals surface area (Å²) in [5.74, 6) is -0.771. The highest BCUT2D eigenvalue weighted by atomic mass is 19.1. The van der Waals surface area contributed by atoms with Crippen molar-refractivity contribution in [3.63, 3.8) is 0 Å². The number of pyridine rings is 1. The van der Waals surface area contributed by atoms with Gasteiger partial charge in [-0.05, 0) is 31.9 Å². The molecule has 0 atom stereocenters. The molecule has 5 heteroatoms. The summed E-state index contributed by atoms with van der Waals surface area (Å²) in [6.07, 6.45) is 5.51. The van der Waals surface area contributed by atoms with Gasteiger partial charge in [-0.15, -0.1) is 0 Å². The lowest BCUT2D eigenvalue weighted by Gasteiger charge is -2.32. The molecular weight excluding hydrogens is 245 g/mol. The first-order valence-electron chi connectivity index (χ1n) is 6.84. The second-order valence-corrected chi connectivity index (χ2v) is 4.88. The summed E-state index contributed by atoms with van der Waals surface area (Å²) >= 11 is 0. The molecule has 1 saturated heterocycles. The van der Waals surface area contributed by atoms with Crippen LogP contribution in [0.1, 0.15) is 36.5 Å². The molecule has 0 bridgehead atoms. The minimum atomic E-state index is -0.543. The first kappa shape index (κ1) is 13.9. The van der Waals surface area contributed by atoms with Gasteiger partial charge in [0.05, 0.1) is 11.8 Å². The Labute approximate surface area is 113 Å². The van der Waals surface area contributed by atoms with Gasteiger partial charge < -0.3 is 10.2 Å². The molecular formula is C14H20FN3O. The van der Waals surface area contributed by atoms with Gasteiger partial charge >= 0.3 is 0 Å². The molecule has 4 nitrogen and oxygen atoms in total. The van der Waals surface area contributed by atoms with Crippen LogP contribution in [0.3, 0.4) is 0 Å². The third kappa shape index (κ3) is 3.50. The molecule has 1 fully saturated rings. The van der Waals surface area contributed by atoms with Crippen molar-refractivity contribution in [3.8, 4) is 0 Å². The smallest absolute Gasteiger partial charge is 0.256 e. The van der Waals surface area contributed by atoms with E-state index in [1.54, 1.807) is 4.90 Å². The number of carbonyl (C=O) groups is 1. The second-order valence-electron chi connectivity index (χ2n) is 4.88. The van der Waals surface area contributed by atoms with Gasteiger partial charge in [0.15, 0.2) is 5.82 Å². The maximum Gasteiger partial charge on any atom is 0.256 e. The molecule has 1 aliphatic heterocycles. The van der Waals surface area contributed by atoms with Gasteiger partial charge in [-0.2, -0.15) is 0 Å². The number of likely N-dealkylation sites (tertiary alicyclic amines) is 1. The van der Waals surface area contributed by atoms with Gasteiger partial charge in [0.2, 0.25) is 0 Å². The van der Waals surface area contributed by atoms with Crippen molar-refractivity contribution in [1.29, 1.82) is 0 Å². The third-order valence-corrected chi connectivity index (χ3v) is 3.47. The summed E-state index contributed by atoms with van der Waals surface area (Å²) in [5, 5.41) is 3.46. The zero-order valence-electron chi connectivity index (χ0n) is 11.2. The Hall–Kier alpha value is -1.49. The Morgan fingerprint density at radius 2 is 2.26 bits per heavy atom. The molecule has 0 unspecified atom stereocenters. The number of halogens is 1.